The Morgan fingerprint density at radius 2 is 2.05 bits per heavy atom. The Morgan fingerprint density at radius 1 is 1.22 bits per heavy atom. The van der Waals surface area contributed by atoms with Crippen LogP contribution in [-0.2, 0) is 7.05 Å². The van der Waals surface area contributed by atoms with Crippen LogP contribution >= 0.6 is 0 Å². The molecule has 4 aromatic heterocycles. The number of hydrogen-bond donors (Lipinski definition) is 1. The summed E-state index contributed by atoms with van der Waals surface area (Å²) in [6, 6.07) is 6.77. The Morgan fingerprint density at radius 3 is 2.81 bits per heavy atom. The van der Waals surface area contributed by atoms with E-state index in [0.717, 1.165) is 18.4 Å². The molecule has 1 saturated carbocycles. The van der Waals surface area contributed by atoms with E-state index in [0.29, 0.717) is 39.2 Å². The van der Waals surface area contributed by atoms with E-state index in [-0.39, 0.29) is 17.5 Å². The van der Waals surface area contributed by atoms with Crippen LogP contribution in [-0.4, -0.2) is 39.8 Å². The molecule has 4 heterocycles. The van der Waals surface area contributed by atoms with E-state index in [9.17, 15) is 9.59 Å². The number of fused-ring (bicyclic) bond motifs is 2. The predicted octanol–water partition coefficient (Wildman–Crippen LogP) is 2.71. The van der Waals surface area contributed by atoms with Gasteiger partial charge in [-0.3, -0.25) is 18.8 Å². The number of rotatable bonds is 4. The summed E-state index contributed by atoms with van der Waals surface area (Å²) >= 11 is 0. The second-order valence-electron chi connectivity index (χ2n) is 9.27. The average molecular weight is 493 g/mol. The molecule has 1 amide bonds. The Kier molecular flexibility index (Phi) is 5.34. The normalized spacial score (nSPS) is 13.9. The lowest BCUT2D eigenvalue weighted by Crippen LogP contribution is -2.34. The molecule has 0 spiro atoms. The summed E-state index contributed by atoms with van der Waals surface area (Å²) < 4.78 is 4.99. The van der Waals surface area contributed by atoms with E-state index in [4.69, 9.17) is 4.98 Å². The zero-order valence-electron chi connectivity index (χ0n) is 20.6. The summed E-state index contributed by atoms with van der Waals surface area (Å²) in [6.07, 6.45) is 8.66. The van der Waals surface area contributed by atoms with E-state index >= 15 is 0 Å². The third kappa shape index (κ3) is 4.04. The minimum atomic E-state index is -0.520. The van der Waals surface area contributed by atoms with Crippen LogP contribution in [0.1, 0.15) is 64.9 Å². The monoisotopic (exact) mass is 492 g/mol. The standard InChI is InChI=1S/C27H24N8O2/c1-16-22(25-28-12-5-13-34(25)32-16)26(36)30-17(2)24-31-21-7-4-6-19(9-8-18-14-29-33(3)15-18)23(21)27(37)35(24)20-10-11-20/h4-7,12-15,17,20H,10-11H2,1-3H3,(H,30,36)/t17-/m0/s1. The molecule has 6 rings (SSSR count). The quantitative estimate of drug-likeness (QED) is 0.386. The molecular formula is C27H24N8O2. The molecule has 10 nitrogen and oxygen atoms in total. The molecule has 0 radical (unpaired) electrons. The molecule has 0 aliphatic heterocycles. The van der Waals surface area contributed by atoms with Crippen LogP contribution in [0.5, 0.6) is 0 Å². The van der Waals surface area contributed by atoms with Gasteiger partial charge in [0.05, 0.1) is 34.4 Å². The van der Waals surface area contributed by atoms with Gasteiger partial charge in [0.2, 0.25) is 0 Å². The average Bonchev–Trinajstić information content (AvgIpc) is 3.53. The number of nitrogens with zero attached hydrogens (tertiary/aromatic N) is 7. The molecule has 5 aromatic rings. The fourth-order valence-electron chi connectivity index (χ4n) is 4.58. The van der Waals surface area contributed by atoms with Crippen LogP contribution < -0.4 is 10.9 Å². The van der Waals surface area contributed by atoms with Gasteiger partial charge in [-0.05, 0) is 44.9 Å². The smallest absolute Gasteiger partial charge is 0.262 e. The van der Waals surface area contributed by atoms with E-state index in [1.54, 1.807) is 51.4 Å². The van der Waals surface area contributed by atoms with Crippen LogP contribution in [0.25, 0.3) is 16.6 Å². The van der Waals surface area contributed by atoms with Gasteiger partial charge in [0, 0.05) is 37.2 Å². The third-order valence-electron chi connectivity index (χ3n) is 6.45. The zero-order chi connectivity index (χ0) is 25.7. The lowest BCUT2D eigenvalue weighted by atomic mass is 10.1. The van der Waals surface area contributed by atoms with Gasteiger partial charge < -0.3 is 5.32 Å². The lowest BCUT2D eigenvalue weighted by Gasteiger charge is -2.19. The van der Waals surface area contributed by atoms with Gasteiger partial charge in [0.25, 0.3) is 11.5 Å². The molecule has 1 fully saturated rings. The van der Waals surface area contributed by atoms with Gasteiger partial charge in [0.15, 0.2) is 5.65 Å². The summed E-state index contributed by atoms with van der Waals surface area (Å²) in [5.74, 6) is 6.42. The number of aromatic nitrogens is 7. The first-order chi connectivity index (χ1) is 17.9. The number of carbonyl (C=O) groups is 1. The van der Waals surface area contributed by atoms with Crippen LogP contribution in [0.15, 0.2) is 53.8 Å². The minimum Gasteiger partial charge on any atom is -0.342 e. The Hall–Kier alpha value is -4.78. The largest absolute Gasteiger partial charge is 0.342 e. The zero-order valence-corrected chi connectivity index (χ0v) is 20.6. The van der Waals surface area contributed by atoms with Gasteiger partial charge in [-0.15, -0.1) is 0 Å². The van der Waals surface area contributed by atoms with Crippen molar-refractivity contribution in [2.24, 2.45) is 7.05 Å². The molecule has 37 heavy (non-hydrogen) atoms. The van der Waals surface area contributed by atoms with E-state index < -0.39 is 6.04 Å². The summed E-state index contributed by atoms with van der Waals surface area (Å²) in [6.45, 7) is 3.61. The Bertz CT molecular complexity index is 1810. The van der Waals surface area contributed by atoms with Crippen molar-refractivity contribution in [2.75, 3.05) is 0 Å². The van der Waals surface area contributed by atoms with Crippen molar-refractivity contribution < 1.29 is 4.79 Å². The van der Waals surface area contributed by atoms with Gasteiger partial charge in [-0.1, -0.05) is 17.9 Å². The number of nitrogens with one attached hydrogen (secondary N) is 1. The van der Waals surface area contributed by atoms with Gasteiger partial charge >= 0.3 is 0 Å². The highest BCUT2D eigenvalue weighted by Crippen LogP contribution is 2.36. The second kappa shape index (κ2) is 8.71. The van der Waals surface area contributed by atoms with Crippen LogP contribution in [0.3, 0.4) is 0 Å². The molecule has 1 atom stereocenters. The van der Waals surface area contributed by atoms with E-state index in [1.165, 1.54) is 0 Å². The number of hydrogen-bond acceptors (Lipinski definition) is 6. The number of amides is 1. The fourth-order valence-corrected chi connectivity index (χ4v) is 4.58. The highest BCUT2D eigenvalue weighted by molar-refractivity contribution is 6.01. The van der Waals surface area contributed by atoms with Crippen molar-refractivity contribution in [3.63, 3.8) is 0 Å². The number of benzene rings is 1. The minimum absolute atomic E-state index is 0.0541. The summed E-state index contributed by atoms with van der Waals surface area (Å²) in [5, 5.41) is 12.0. The highest BCUT2D eigenvalue weighted by atomic mass is 16.2. The van der Waals surface area contributed by atoms with Crippen molar-refractivity contribution >= 4 is 22.5 Å². The Balaban J connectivity index is 1.41. The molecular weight excluding hydrogens is 468 g/mol. The maximum atomic E-state index is 13.8. The maximum absolute atomic E-state index is 13.8. The highest BCUT2D eigenvalue weighted by Gasteiger charge is 2.31. The molecule has 1 N–H and O–H groups in total. The van der Waals surface area contributed by atoms with Crippen molar-refractivity contribution in [3.8, 4) is 11.8 Å². The molecule has 10 heteroatoms. The van der Waals surface area contributed by atoms with E-state index in [2.05, 4.69) is 32.3 Å². The first-order valence-electron chi connectivity index (χ1n) is 12.1. The third-order valence-corrected chi connectivity index (χ3v) is 6.45. The van der Waals surface area contributed by atoms with E-state index in [1.807, 2.05) is 32.3 Å². The van der Waals surface area contributed by atoms with Crippen LogP contribution in [0.4, 0.5) is 0 Å². The fraction of sp³-hybridized carbons (Fsp3) is 0.259. The molecule has 0 saturated heterocycles. The Labute approximate surface area is 212 Å². The molecule has 184 valence electrons. The van der Waals surface area contributed by atoms with Crippen molar-refractivity contribution in [2.45, 2.75) is 38.8 Å². The molecule has 0 bridgehead atoms. The second-order valence-corrected chi connectivity index (χ2v) is 9.27. The molecule has 1 aliphatic carbocycles. The molecule has 1 aromatic carbocycles. The first kappa shape index (κ1) is 22.7. The molecule has 0 unspecified atom stereocenters. The SMILES string of the molecule is Cc1nn2cccnc2c1C(=O)N[C@@H](C)c1nc2cccc(C#Cc3cnn(C)c3)c2c(=O)n1C1CC1. The first-order valence-corrected chi connectivity index (χ1v) is 12.1. The van der Waals surface area contributed by atoms with Gasteiger partial charge in [-0.25, -0.2) is 14.5 Å². The van der Waals surface area contributed by atoms with Crippen LogP contribution in [0.2, 0.25) is 0 Å². The lowest BCUT2D eigenvalue weighted by molar-refractivity contribution is 0.0938. The maximum Gasteiger partial charge on any atom is 0.262 e. The van der Waals surface area contributed by atoms with Crippen molar-refractivity contribution in [3.05, 3.63) is 87.6 Å². The van der Waals surface area contributed by atoms with Gasteiger partial charge in [-0.2, -0.15) is 10.2 Å². The van der Waals surface area contributed by atoms with Crippen molar-refractivity contribution in [1.29, 1.82) is 0 Å². The summed E-state index contributed by atoms with van der Waals surface area (Å²) in [4.78, 5) is 36.3. The topological polar surface area (TPSA) is 112 Å². The number of carbonyl (C=O) groups excluding carboxylic acids is 1. The van der Waals surface area contributed by atoms with Crippen LogP contribution in [0, 0.1) is 18.8 Å². The van der Waals surface area contributed by atoms with Gasteiger partial charge in [0.1, 0.15) is 11.4 Å². The molecule has 1 aliphatic rings. The summed E-state index contributed by atoms with van der Waals surface area (Å²) in [7, 11) is 1.83. The summed E-state index contributed by atoms with van der Waals surface area (Å²) in [5.41, 5.74) is 3.24. The van der Waals surface area contributed by atoms with Crippen molar-refractivity contribution in [1.82, 2.24) is 39.2 Å². The number of aryl methyl sites for hydroxylation is 2. The predicted molar refractivity (Wildman–Crippen MR) is 137 cm³/mol.